The Morgan fingerprint density at radius 3 is 2.42 bits per heavy atom. The highest BCUT2D eigenvalue weighted by Gasteiger charge is 2.17. The zero-order valence-electron chi connectivity index (χ0n) is 17.7. The molecule has 2 N–H and O–H groups in total. The van der Waals surface area contributed by atoms with Gasteiger partial charge in [-0.15, -0.1) is 0 Å². The highest BCUT2D eigenvalue weighted by atomic mass is 127. The predicted molar refractivity (Wildman–Crippen MR) is 136 cm³/mol. The molecular formula is C25H21ClINO5. The van der Waals surface area contributed by atoms with Crippen molar-refractivity contribution < 1.29 is 24.2 Å². The lowest BCUT2D eigenvalue weighted by atomic mass is 10.1. The number of rotatable bonds is 9. The van der Waals surface area contributed by atoms with E-state index >= 15 is 0 Å². The fourth-order valence-electron chi connectivity index (χ4n) is 2.94. The monoisotopic (exact) mass is 577 g/mol. The molecule has 0 saturated heterocycles. The van der Waals surface area contributed by atoms with Crippen LogP contribution in [-0.2, 0) is 11.4 Å². The summed E-state index contributed by atoms with van der Waals surface area (Å²) < 4.78 is 12.7. The van der Waals surface area contributed by atoms with Gasteiger partial charge in [0.25, 0.3) is 5.91 Å². The Morgan fingerprint density at radius 1 is 1.06 bits per heavy atom. The molecule has 0 fully saturated rings. The van der Waals surface area contributed by atoms with Crippen molar-refractivity contribution in [1.82, 2.24) is 5.32 Å². The number of amides is 1. The second-order valence-corrected chi connectivity index (χ2v) is 8.40. The Bertz CT molecular complexity index is 1180. The van der Waals surface area contributed by atoms with Crippen molar-refractivity contribution in [1.29, 1.82) is 0 Å². The van der Waals surface area contributed by atoms with Gasteiger partial charge in [-0.1, -0.05) is 48.0 Å². The third kappa shape index (κ3) is 6.72. The van der Waals surface area contributed by atoms with Gasteiger partial charge in [0.05, 0.1) is 11.6 Å². The first kappa shape index (κ1) is 24.6. The number of carbonyl (C=O) groups is 2. The van der Waals surface area contributed by atoms with Gasteiger partial charge < -0.3 is 19.9 Å². The molecule has 0 saturated carbocycles. The fourth-order valence-corrected chi connectivity index (χ4v) is 3.76. The summed E-state index contributed by atoms with van der Waals surface area (Å²) in [4.78, 5) is 24.2. The molecule has 0 atom stereocenters. The Kier molecular flexibility index (Phi) is 8.73. The number of carboxylic acid groups (broad SMARTS) is 1. The molecule has 1 amide bonds. The summed E-state index contributed by atoms with van der Waals surface area (Å²) in [6.45, 7) is 2.48. The van der Waals surface area contributed by atoms with Gasteiger partial charge in [0.2, 0.25) is 0 Å². The Morgan fingerprint density at radius 2 is 1.76 bits per heavy atom. The number of aliphatic carboxylic acids is 1. The summed E-state index contributed by atoms with van der Waals surface area (Å²) in [5.41, 5.74) is 1.49. The lowest BCUT2D eigenvalue weighted by molar-refractivity contribution is -0.132. The van der Waals surface area contributed by atoms with Gasteiger partial charge in [-0.2, -0.15) is 0 Å². The van der Waals surface area contributed by atoms with Crippen LogP contribution in [0.15, 0.2) is 72.4 Å². The lowest BCUT2D eigenvalue weighted by Crippen LogP contribution is -2.27. The number of nitrogens with one attached hydrogen (secondary N) is 1. The Balaban J connectivity index is 1.88. The highest BCUT2D eigenvalue weighted by Crippen LogP contribution is 2.38. The maximum atomic E-state index is 12.4. The van der Waals surface area contributed by atoms with Crippen LogP contribution in [0.3, 0.4) is 0 Å². The van der Waals surface area contributed by atoms with Crippen molar-refractivity contribution in [2.24, 2.45) is 0 Å². The molecule has 33 heavy (non-hydrogen) atoms. The van der Waals surface area contributed by atoms with E-state index in [4.69, 9.17) is 21.1 Å². The first-order valence-corrected chi connectivity index (χ1v) is 11.5. The number of hydrogen-bond acceptors (Lipinski definition) is 4. The zero-order chi connectivity index (χ0) is 23.8. The quantitative estimate of drug-likeness (QED) is 0.249. The van der Waals surface area contributed by atoms with Crippen molar-refractivity contribution in [3.63, 3.8) is 0 Å². The van der Waals surface area contributed by atoms with Crippen LogP contribution in [-0.4, -0.2) is 23.6 Å². The summed E-state index contributed by atoms with van der Waals surface area (Å²) in [7, 11) is 0. The molecule has 0 radical (unpaired) electrons. The standard InChI is InChI=1S/C25H21ClINO5/c1-2-32-22-14-16(12-19(26)23(22)33-15-18-10-6-7-11-20(18)27)13-21(25(30)31)28-24(29)17-8-4-3-5-9-17/h3-14H,2,15H2,1H3,(H,28,29)(H,30,31)/b21-13+. The Labute approximate surface area is 210 Å². The molecular weight excluding hydrogens is 557 g/mol. The summed E-state index contributed by atoms with van der Waals surface area (Å²) in [5.74, 6) is -1.08. The number of carbonyl (C=O) groups excluding carboxylic acids is 1. The molecule has 3 aromatic carbocycles. The van der Waals surface area contributed by atoms with E-state index in [9.17, 15) is 14.7 Å². The van der Waals surface area contributed by atoms with Crippen LogP contribution < -0.4 is 14.8 Å². The smallest absolute Gasteiger partial charge is 0.352 e. The van der Waals surface area contributed by atoms with Gasteiger partial charge in [-0.05, 0) is 71.5 Å². The van der Waals surface area contributed by atoms with E-state index in [-0.39, 0.29) is 10.7 Å². The molecule has 6 nitrogen and oxygen atoms in total. The molecule has 0 aliphatic rings. The van der Waals surface area contributed by atoms with Crippen LogP contribution in [0.5, 0.6) is 11.5 Å². The molecule has 0 unspecified atom stereocenters. The molecule has 0 bridgehead atoms. The van der Waals surface area contributed by atoms with Crippen LogP contribution in [0.2, 0.25) is 5.02 Å². The lowest BCUT2D eigenvalue weighted by Gasteiger charge is -2.15. The minimum Gasteiger partial charge on any atom is -0.490 e. The molecule has 170 valence electrons. The molecule has 3 rings (SSSR count). The maximum Gasteiger partial charge on any atom is 0.352 e. The number of ether oxygens (including phenoxy) is 2. The first-order valence-electron chi connectivity index (χ1n) is 10.0. The van der Waals surface area contributed by atoms with Crippen molar-refractivity contribution in [3.8, 4) is 11.5 Å². The average Bonchev–Trinajstić information content (AvgIpc) is 2.80. The van der Waals surface area contributed by atoms with E-state index in [0.29, 0.717) is 35.8 Å². The molecule has 8 heteroatoms. The third-order valence-electron chi connectivity index (χ3n) is 4.49. The largest absolute Gasteiger partial charge is 0.490 e. The van der Waals surface area contributed by atoms with Gasteiger partial charge in [-0.3, -0.25) is 4.79 Å². The van der Waals surface area contributed by atoms with E-state index in [1.807, 2.05) is 31.2 Å². The molecule has 0 spiro atoms. The third-order valence-corrected chi connectivity index (χ3v) is 5.82. The van der Waals surface area contributed by atoms with Gasteiger partial charge in [0.1, 0.15) is 12.3 Å². The van der Waals surface area contributed by atoms with E-state index in [1.165, 1.54) is 6.08 Å². The topological polar surface area (TPSA) is 84.9 Å². The molecule has 0 aliphatic carbocycles. The van der Waals surface area contributed by atoms with Crippen LogP contribution in [0.1, 0.15) is 28.4 Å². The summed E-state index contributed by atoms with van der Waals surface area (Å²) in [6.07, 6.45) is 1.32. The minimum atomic E-state index is -1.28. The highest BCUT2D eigenvalue weighted by molar-refractivity contribution is 14.1. The van der Waals surface area contributed by atoms with Crippen molar-refractivity contribution in [2.75, 3.05) is 6.61 Å². The second kappa shape index (κ2) is 11.7. The number of hydrogen-bond donors (Lipinski definition) is 2. The molecule has 0 aromatic heterocycles. The van der Waals surface area contributed by atoms with Gasteiger partial charge >= 0.3 is 5.97 Å². The number of carboxylic acids is 1. The van der Waals surface area contributed by atoms with Crippen LogP contribution in [0.4, 0.5) is 0 Å². The van der Waals surface area contributed by atoms with Crippen molar-refractivity contribution in [2.45, 2.75) is 13.5 Å². The van der Waals surface area contributed by atoms with Crippen LogP contribution in [0.25, 0.3) is 6.08 Å². The zero-order valence-corrected chi connectivity index (χ0v) is 20.6. The number of benzene rings is 3. The summed E-state index contributed by atoms with van der Waals surface area (Å²) in [5, 5.41) is 12.3. The number of halogens is 2. The Hall–Kier alpha value is -3.04. The van der Waals surface area contributed by atoms with Crippen LogP contribution >= 0.6 is 34.2 Å². The minimum absolute atomic E-state index is 0.261. The van der Waals surface area contributed by atoms with Crippen molar-refractivity contribution in [3.05, 3.63) is 97.7 Å². The molecule has 3 aromatic rings. The summed E-state index contributed by atoms with van der Waals surface area (Å²) in [6, 6.07) is 19.4. The maximum absolute atomic E-state index is 12.4. The molecule has 0 heterocycles. The van der Waals surface area contributed by atoms with Crippen LogP contribution in [0, 0.1) is 3.57 Å². The predicted octanol–water partition coefficient (Wildman–Crippen LogP) is 5.78. The van der Waals surface area contributed by atoms with Gasteiger partial charge in [0, 0.05) is 14.7 Å². The average molecular weight is 578 g/mol. The fraction of sp³-hybridized carbons (Fsp3) is 0.120. The van der Waals surface area contributed by atoms with E-state index < -0.39 is 11.9 Å². The van der Waals surface area contributed by atoms with Crippen molar-refractivity contribution >= 4 is 52.1 Å². The van der Waals surface area contributed by atoms with E-state index in [2.05, 4.69) is 27.9 Å². The van der Waals surface area contributed by atoms with Gasteiger partial charge in [0.15, 0.2) is 11.5 Å². The van der Waals surface area contributed by atoms with Gasteiger partial charge in [-0.25, -0.2) is 4.79 Å². The first-order chi connectivity index (χ1) is 15.9. The molecule has 0 aliphatic heterocycles. The SMILES string of the molecule is CCOc1cc(/C=C(/NC(=O)c2ccccc2)C(=O)O)cc(Cl)c1OCc1ccccc1I. The summed E-state index contributed by atoms with van der Waals surface area (Å²) >= 11 is 8.70. The second-order valence-electron chi connectivity index (χ2n) is 6.83. The normalized spacial score (nSPS) is 11.1. The van der Waals surface area contributed by atoms with E-state index in [0.717, 1.165) is 9.13 Å². The van der Waals surface area contributed by atoms with E-state index in [1.54, 1.807) is 42.5 Å².